The van der Waals surface area contributed by atoms with Crippen molar-refractivity contribution >= 4 is 38.8 Å². The van der Waals surface area contributed by atoms with Crippen molar-refractivity contribution in [3.05, 3.63) is 32.9 Å². The smallest absolute Gasteiger partial charge is 0.337 e. The first-order valence-corrected chi connectivity index (χ1v) is 8.45. The van der Waals surface area contributed by atoms with Gasteiger partial charge in [0.1, 0.15) is 0 Å². The van der Waals surface area contributed by atoms with Crippen LogP contribution in [0.2, 0.25) is 0 Å². The second-order valence-electron chi connectivity index (χ2n) is 5.88. The van der Waals surface area contributed by atoms with Crippen molar-refractivity contribution in [1.29, 1.82) is 0 Å². The van der Waals surface area contributed by atoms with Crippen molar-refractivity contribution in [3.63, 3.8) is 0 Å². The predicted molar refractivity (Wildman–Crippen MR) is 89.8 cm³/mol. The van der Waals surface area contributed by atoms with Gasteiger partial charge in [0.2, 0.25) is 0 Å². The molecule has 5 nitrogen and oxygen atoms in total. The Bertz CT molecular complexity index is 809. The molecule has 1 aromatic carbocycles. The molecule has 0 saturated heterocycles. The number of hydrogen-bond acceptors (Lipinski definition) is 3. The Kier molecular flexibility index (Phi) is 4.19. The maximum atomic E-state index is 12.0. The summed E-state index contributed by atoms with van der Waals surface area (Å²) >= 11 is 3.59. The van der Waals surface area contributed by atoms with Gasteiger partial charge in [-0.2, -0.15) is 0 Å². The van der Waals surface area contributed by atoms with E-state index in [1.54, 1.807) is 13.0 Å². The Labute approximate surface area is 142 Å². The van der Waals surface area contributed by atoms with Crippen LogP contribution in [-0.4, -0.2) is 28.6 Å². The van der Waals surface area contributed by atoms with E-state index in [1.165, 1.54) is 0 Å². The molecule has 1 atom stereocenters. The number of aromatic nitrogens is 1. The highest BCUT2D eigenvalue weighted by atomic mass is 79.9. The molecule has 3 rings (SSSR count). The summed E-state index contributed by atoms with van der Waals surface area (Å²) in [4.78, 5) is 26.8. The molecule has 0 bridgehead atoms. The number of rotatable bonds is 3. The highest BCUT2D eigenvalue weighted by Gasteiger charge is 2.30. The van der Waals surface area contributed by atoms with E-state index in [0.717, 1.165) is 39.5 Å². The number of benzene rings is 1. The molecule has 2 aromatic rings. The molecule has 0 amide bonds. The molecule has 0 radical (unpaired) electrons. The van der Waals surface area contributed by atoms with Crippen LogP contribution in [0.5, 0.6) is 0 Å². The Morgan fingerprint density at radius 1 is 1.48 bits per heavy atom. The van der Waals surface area contributed by atoms with E-state index in [2.05, 4.69) is 20.9 Å². The molecule has 0 spiro atoms. The van der Waals surface area contributed by atoms with Crippen molar-refractivity contribution < 1.29 is 19.4 Å². The number of aromatic amines is 1. The number of carbonyl (C=O) groups is 2. The maximum Gasteiger partial charge on any atom is 0.337 e. The number of halogens is 1. The van der Waals surface area contributed by atoms with E-state index in [-0.39, 0.29) is 17.5 Å². The number of carboxylic acid groups (broad SMARTS) is 1. The Morgan fingerprint density at radius 2 is 2.22 bits per heavy atom. The number of H-pyrrole nitrogens is 1. The van der Waals surface area contributed by atoms with Gasteiger partial charge in [-0.25, -0.2) is 4.79 Å². The summed E-state index contributed by atoms with van der Waals surface area (Å²) in [6.07, 6.45) is 2.02. The lowest BCUT2D eigenvalue weighted by Gasteiger charge is -2.20. The Morgan fingerprint density at radius 3 is 2.87 bits per heavy atom. The van der Waals surface area contributed by atoms with Gasteiger partial charge >= 0.3 is 11.9 Å². The molecule has 0 saturated carbocycles. The zero-order valence-electron chi connectivity index (χ0n) is 13.0. The van der Waals surface area contributed by atoms with Crippen LogP contribution >= 0.6 is 15.9 Å². The second-order valence-corrected chi connectivity index (χ2v) is 6.68. The molecule has 23 heavy (non-hydrogen) atoms. The fourth-order valence-corrected chi connectivity index (χ4v) is 3.88. The minimum absolute atomic E-state index is 0.163. The lowest BCUT2D eigenvalue weighted by molar-refractivity contribution is -0.148. The van der Waals surface area contributed by atoms with Gasteiger partial charge in [0.05, 0.1) is 23.6 Å². The van der Waals surface area contributed by atoms with Gasteiger partial charge in [0.25, 0.3) is 0 Å². The van der Waals surface area contributed by atoms with Crippen LogP contribution in [0.4, 0.5) is 0 Å². The zero-order chi connectivity index (χ0) is 16.7. The van der Waals surface area contributed by atoms with Crippen molar-refractivity contribution in [2.45, 2.75) is 33.1 Å². The highest BCUT2D eigenvalue weighted by molar-refractivity contribution is 9.10. The first kappa shape index (κ1) is 16.1. The number of fused-ring (bicyclic) bond motifs is 3. The van der Waals surface area contributed by atoms with Gasteiger partial charge in [-0.15, -0.1) is 0 Å². The SMILES string of the molecule is CCOC(=O)C1CCc2c([nH]c3c(C(=O)O)cc(C)c(Br)c23)C1. The predicted octanol–water partition coefficient (Wildman–Crippen LogP) is 3.61. The molecule has 2 N–H and O–H groups in total. The molecule has 6 heteroatoms. The third-order valence-corrected chi connectivity index (χ3v) is 5.45. The molecule has 1 heterocycles. The lowest BCUT2D eigenvalue weighted by Crippen LogP contribution is -2.24. The Balaban J connectivity index is 2.11. The average molecular weight is 380 g/mol. The quantitative estimate of drug-likeness (QED) is 0.798. The minimum atomic E-state index is -0.953. The van der Waals surface area contributed by atoms with Crippen LogP contribution < -0.4 is 0 Å². The summed E-state index contributed by atoms with van der Waals surface area (Å²) in [7, 11) is 0. The minimum Gasteiger partial charge on any atom is -0.478 e. The summed E-state index contributed by atoms with van der Waals surface area (Å²) in [5.41, 5.74) is 3.84. The molecule has 1 aliphatic carbocycles. The lowest BCUT2D eigenvalue weighted by atomic mass is 9.86. The molecule has 122 valence electrons. The molecular weight excluding hydrogens is 362 g/mol. The first-order valence-electron chi connectivity index (χ1n) is 7.66. The highest BCUT2D eigenvalue weighted by Crippen LogP contribution is 2.39. The fraction of sp³-hybridized carbons (Fsp3) is 0.412. The first-order chi connectivity index (χ1) is 10.9. The topological polar surface area (TPSA) is 79.4 Å². The third kappa shape index (κ3) is 2.65. The Hall–Kier alpha value is -1.82. The standard InChI is InChI=1S/C17H18BrNO4/c1-3-23-17(22)9-4-5-10-12(7-9)19-15-11(16(20)21)6-8(2)14(18)13(10)15/h6,9,19H,3-5,7H2,1-2H3,(H,20,21). The summed E-state index contributed by atoms with van der Waals surface area (Å²) in [5.74, 6) is -1.29. The number of nitrogens with one attached hydrogen (secondary N) is 1. The van der Waals surface area contributed by atoms with Crippen LogP contribution in [0.3, 0.4) is 0 Å². The van der Waals surface area contributed by atoms with Crippen LogP contribution in [0.15, 0.2) is 10.5 Å². The van der Waals surface area contributed by atoms with Crippen LogP contribution in [0.1, 0.15) is 40.5 Å². The van der Waals surface area contributed by atoms with Gasteiger partial charge in [-0.05, 0) is 59.8 Å². The van der Waals surface area contributed by atoms with E-state index in [4.69, 9.17) is 4.74 Å². The summed E-state index contributed by atoms with van der Waals surface area (Å²) in [5, 5.41) is 10.4. The number of carboxylic acids is 1. The van der Waals surface area contributed by atoms with Crippen LogP contribution in [0, 0.1) is 12.8 Å². The molecular formula is C17H18BrNO4. The molecule has 1 aromatic heterocycles. The van der Waals surface area contributed by atoms with Gasteiger partial charge in [-0.3, -0.25) is 4.79 Å². The van der Waals surface area contributed by atoms with Crippen molar-refractivity contribution in [2.24, 2.45) is 5.92 Å². The largest absolute Gasteiger partial charge is 0.478 e. The van der Waals surface area contributed by atoms with Crippen LogP contribution in [-0.2, 0) is 22.4 Å². The van der Waals surface area contributed by atoms with Crippen molar-refractivity contribution in [1.82, 2.24) is 4.98 Å². The third-order valence-electron chi connectivity index (χ3n) is 4.43. The number of esters is 1. The number of aromatic carboxylic acids is 1. The van der Waals surface area contributed by atoms with E-state index >= 15 is 0 Å². The molecule has 1 aliphatic rings. The second kappa shape index (κ2) is 6.00. The fourth-order valence-electron chi connectivity index (χ4n) is 3.33. The number of hydrogen-bond donors (Lipinski definition) is 2. The average Bonchev–Trinajstić information content (AvgIpc) is 2.89. The van der Waals surface area contributed by atoms with Gasteiger partial charge in [-0.1, -0.05) is 0 Å². The van der Waals surface area contributed by atoms with Crippen molar-refractivity contribution in [2.75, 3.05) is 6.61 Å². The van der Waals surface area contributed by atoms with Gasteiger partial charge in [0.15, 0.2) is 0 Å². The van der Waals surface area contributed by atoms with Crippen molar-refractivity contribution in [3.8, 4) is 0 Å². The maximum absolute atomic E-state index is 12.0. The zero-order valence-corrected chi connectivity index (χ0v) is 14.6. The van der Waals surface area contributed by atoms with Crippen LogP contribution in [0.25, 0.3) is 10.9 Å². The van der Waals surface area contributed by atoms with E-state index < -0.39 is 5.97 Å². The van der Waals surface area contributed by atoms with E-state index in [9.17, 15) is 14.7 Å². The summed E-state index contributed by atoms with van der Waals surface area (Å²) < 4.78 is 6.04. The molecule has 0 fully saturated rings. The number of aryl methyl sites for hydroxylation is 2. The molecule has 0 aliphatic heterocycles. The summed E-state index contributed by atoms with van der Waals surface area (Å²) in [6.45, 7) is 4.07. The molecule has 1 unspecified atom stereocenters. The normalized spacial score (nSPS) is 17.1. The summed E-state index contributed by atoms with van der Waals surface area (Å²) in [6, 6.07) is 1.67. The van der Waals surface area contributed by atoms with Gasteiger partial charge in [0, 0.05) is 22.0 Å². The van der Waals surface area contributed by atoms with E-state index in [1.807, 2.05) is 6.92 Å². The monoisotopic (exact) mass is 379 g/mol. The number of ether oxygens (including phenoxy) is 1. The van der Waals surface area contributed by atoms with E-state index in [0.29, 0.717) is 18.5 Å². The number of carbonyl (C=O) groups excluding carboxylic acids is 1. The van der Waals surface area contributed by atoms with Gasteiger partial charge < -0.3 is 14.8 Å².